The van der Waals surface area contributed by atoms with Crippen molar-refractivity contribution >= 4 is 11.7 Å². The Bertz CT molecular complexity index is 722. The van der Waals surface area contributed by atoms with Crippen LogP contribution < -0.4 is 4.74 Å². The summed E-state index contributed by atoms with van der Waals surface area (Å²) in [6.45, 7) is 5.53. The van der Waals surface area contributed by atoms with Gasteiger partial charge in [0.1, 0.15) is 5.75 Å². The molecule has 0 aliphatic carbocycles. The number of rotatable bonds is 8. The first kappa shape index (κ1) is 18.7. The molecule has 0 aliphatic heterocycles. The smallest absolute Gasteiger partial charge is 0.253 e. The molecule has 0 heterocycles. The van der Waals surface area contributed by atoms with E-state index in [1.54, 1.807) is 55.6 Å². The summed E-state index contributed by atoms with van der Waals surface area (Å²) in [5.41, 5.74) is 1.73. The fraction of sp³-hybridized carbons (Fsp3) is 0.333. The van der Waals surface area contributed by atoms with Crippen molar-refractivity contribution in [3.05, 3.63) is 65.2 Å². The van der Waals surface area contributed by atoms with Crippen LogP contribution in [0.2, 0.25) is 0 Å². The molecule has 0 atom stereocenters. The SMILES string of the molecule is CCCCN(CC)C(=O)c1ccc(C(=O)c2cccc(OC)c2)cc1. The Morgan fingerprint density at radius 3 is 2.24 bits per heavy atom. The van der Waals surface area contributed by atoms with Gasteiger partial charge in [-0.25, -0.2) is 0 Å². The number of amides is 1. The quantitative estimate of drug-likeness (QED) is 0.678. The Balaban J connectivity index is 2.15. The van der Waals surface area contributed by atoms with E-state index in [0.29, 0.717) is 29.0 Å². The minimum atomic E-state index is -0.0868. The Morgan fingerprint density at radius 1 is 0.960 bits per heavy atom. The number of hydrogen-bond acceptors (Lipinski definition) is 3. The number of nitrogens with zero attached hydrogens (tertiary/aromatic N) is 1. The number of ketones is 1. The molecule has 2 aromatic rings. The van der Waals surface area contributed by atoms with E-state index in [2.05, 4.69) is 6.92 Å². The first-order valence-corrected chi connectivity index (χ1v) is 8.68. The summed E-state index contributed by atoms with van der Waals surface area (Å²) in [5.74, 6) is 0.569. The van der Waals surface area contributed by atoms with Crippen LogP contribution in [0.4, 0.5) is 0 Å². The minimum absolute atomic E-state index is 0.0105. The molecule has 0 saturated heterocycles. The van der Waals surface area contributed by atoms with E-state index in [-0.39, 0.29) is 11.7 Å². The van der Waals surface area contributed by atoms with Gasteiger partial charge in [-0.1, -0.05) is 37.6 Å². The van der Waals surface area contributed by atoms with Crippen molar-refractivity contribution in [1.82, 2.24) is 4.90 Å². The molecule has 0 N–H and O–H groups in total. The third-order valence-corrected chi connectivity index (χ3v) is 4.18. The number of unbranched alkanes of at least 4 members (excludes halogenated alkanes) is 1. The summed E-state index contributed by atoms with van der Waals surface area (Å²) < 4.78 is 5.16. The molecule has 2 aromatic carbocycles. The van der Waals surface area contributed by atoms with Crippen molar-refractivity contribution in [3.63, 3.8) is 0 Å². The molecular weight excluding hydrogens is 314 g/mol. The molecule has 4 nitrogen and oxygen atoms in total. The molecule has 0 unspecified atom stereocenters. The highest BCUT2D eigenvalue weighted by molar-refractivity contribution is 6.09. The van der Waals surface area contributed by atoms with Gasteiger partial charge in [0.05, 0.1) is 7.11 Å². The summed E-state index contributed by atoms with van der Waals surface area (Å²) in [4.78, 5) is 27.0. The fourth-order valence-electron chi connectivity index (χ4n) is 2.63. The first-order valence-electron chi connectivity index (χ1n) is 8.68. The van der Waals surface area contributed by atoms with Gasteiger partial charge in [0.15, 0.2) is 5.78 Å². The molecule has 0 aliphatic rings. The zero-order valence-corrected chi connectivity index (χ0v) is 15.1. The second-order valence-electron chi connectivity index (χ2n) is 5.88. The van der Waals surface area contributed by atoms with E-state index in [1.165, 1.54) is 0 Å². The highest BCUT2D eigenvalue weighted by Gasteiger charge is 2.15. The molecule has 0 saturated carbocycles. The van der Waals surface area contributed by atoms with Crippen LogP contribution in [0.15, 0.2) is 48.5 Å². The van der Waals surface area contributed by atoms with Gasteiger partial charge >= 0.3 is 0 Å². The average Bonchev–Trinajstić information content (AvgIpc) is 2.68. The Morgan fingerprint density at radius 2 is 1.64 bits per heavy atom. The molecule has 1 amide bonds. The van der Waals surface area contributed by atoms with E-state index < -0.39 is 0 Å². The Hall–Kier alpha value is -2.62. The number of methoxy groups -OCH3 is 1. The molecule has 0 bridgehead atoms. The highest BCUT2D eigenvalue weighted by Crippen LogP contribution is 2.17. The van der Waals surface area contributed by atoms with Crippen molar-refractivity contribution in [2.24, 2.45) is 0 Å². The van der Waals surface area contributed by atoms with Crippen LogP contribution in [0.25, 0.3) is 0 Å². The third-order valence-electron chi connectivity index (χ3n) is 4.18. The minimum Gasteiger partial charge on any atom is -0.497 e. The van der Waals surface area contributed by atoms with Crippen molar-refractivity contribution in [1.29, 1.82) is 0 Å². The lowest BCUT2D eigenvalue weighted by atomic mass is 10.0. The summed E-state index contributed by atoms with van der Waals surface area (Å²) in [6, 6.07) is 13.9. The highest BCUT2D eigenvalue weighted by atomic mass is 16.5. The molecule has 0 spiro atoms. The summed E-state index contributed by atoms with van der Waals surface area (Å²) in [5, 5.41) is 0. The molecule has 132 valence electrons. The molecule has 25 heavy (non-hydrogen) atoms. The van der Waals surface area contributed by atoms with Crippen molar-refractivity contribution in [3.8, 4) is 5.75 Å². The lowest BCUT2D eigenvalue weighted by Crippen LogP contribution is -2.31. The summed E-state index contributed by atoms with van der Waals surface area (Å²) in [7, 11) is 1.57. The van der Waals surface area contributed by atoms with E-state index in [9.17, 15) is 9.59 Å². The standard InChI is InChI=1S/C21H25NO3/c1-4-6-14-22(5-2)21(24)17-12-10-16(11-13-17)20(23)18-8-7-9-19(15-18)25-3/h7-13,15H,4-6,14H2,1-3H3. The molecule has 4 heteroatoms. The number of ether oxygens (including phenoxy) is 1. The third kappa shape index (κ3) is 4.69. The van der Waals surface area contributed by atoms with Gasteiger partial charge in [-0.3, -0.25) is 9.59 Å². The van der Waals surface area contributed by atoms with Crippen LogP contribution in [0.1, 0.15) is 53.0 Å². The van der Waals surface area contributed by atoms with Gasteiger partial charge in [0, 0.05) is 29.8 Å². The van der Waals surface area contributed by atoms with Crippen LogP contribution in [0, 0.1) is 0 Å². The van der Waals surface area contributed by atoms with Gasteiger partial charge in [-0.05, 0) is 37.6 Å². The number of benzene rings is 2. The summed E-state index contributed by atoms with van der Waals surface area (Å²) in [6.07, 6.45) is 2.05. The molecule has 0 aromatic heterocycles. The molecule has 0 radical (unpaired) electrons. The number of hydrogen-bond donors (Lipinski definition) is 0. The number of carbonyl (C=O) groups is 2. The second-order valence-corrected chi connectivity index (χ2v) is 5.88. The second kappa shape index (κ2) is 9.02. The van der Waals surface area contributed by atoms with E-state index in [4.69, 9.17) is 4.74 Å². The molecular formula is C21H25NO3. The largest absolute Gasteiger partial charge is 0.497 e. The van der Waals surface area contributed by atoms with Crippen LogP contribution in [-0.4, -0.2) is 36.8 Å². The fourth-order valence-corrected chi connectivity index (χ4v) is 2.63. The monoisotopic (exact) mass is 339 g/mol. The van der Waals surface area contributed by atoms with E-state index >= 15 is 0 Å². The lowest BCUT2D eigenvalue weighted by Gasteiger charge is -2.20. The predicted molar refractivity (Wildman–Crippen MR) is 99.4 cm³/mol. The van der Waals surface area contributed by atoms with E-state index in [0.717, 1.165) is 19.4 Å². The van der Waals surface area contributed by atoms with Gasteiger partial charge in [0.2, 0.25) is 0 Å². The van der Waals surface area contributed by atoms with Gasteiger partial charge < -0.3 is 9.64 Å². The first-order chi connectivity index (χ1) is 12.1. The maximum atomic E-state index is 12.6. The van der Waals surface area contributed by atoms with Crippen molar-refractivity contribution in [2.75, 3.05) is 20.2 Å². The average molecular weight is 339 g/mol. The topological polar surface area (TPSA) is 46.6 Å². The van der Waals surface area contributed by atoms with Gasteiger partial charge in [-0.15, -0.1) is 0 Å². The maximum absolute atomic E-state index is 12.6. The van der Waals surface area contributed by atoms with Crippen LogP contribution in [0.5, 0.6) is 5.75 Å². The predicted octanol–water partition coefficient (Wildman–Crippen LogP) is 4.19. The van der Waals surface area contributed by atoms with Crippen LogP contribution in [0.3, 0.4) is 0 Å². The van der Waals surface area contributed by atoms with Crippen molar-refractivity contribution in [2.45, 2.75) is 26.7 Å². The molecule has 2 rings (SSSR count). The van der Waals surface area contributed by atoms with E-state index in [1.807, 2.05) is 11.8 Å². The van der Waals surface area contributed by atoms with Gasteiger partial charge in [0.25, 0.3) is 5.91 Å². The van der Waals surface area contributed by atoms with Crippen molar-refractivity contribution < 1.29 is 14.3 Å². The lowest BCUT2D eigenvalue weighted by molar-refractivity contribution is 0.0762. The van der Waals surface area contributed by atoms with Crippen LogP contribution >= 0.6 is 0 Å². The Labute approximate surface area is 149 Å². The van der Waals surface area contributed by atoms with Crippen LogP contribution in [-0.2, 0) is 0 Å². The zero-order chi connectivity index (χ0) is 18.2. The summed E-state index contributed by atoms with van der Waals surface area (Å²) >= 11 is 0. The molecule has 0 fully saturated rings. The van der Waals surface area contributed by atoms with Gasteiger partial charge in [-0.2, -0.15) is 0 Å². The maximum Gasteiger partial charge on any atom is 0.253 e. The zero-order valence-electron chi connectivity index (χ0n) is 15.1. The normalized spacial score (nSPS) is 10.4. The number of carbonyl (C=O) groups excluding carboxylic acids is 2. The Kier molecular flexibility index (Phi) is 6.75.